The van der Waals surface area contributed by atoms with Gasteiger partial charge in [-0.3, -0.25) is 9.59 Å². The van der Waals surface area contributed by atoms with Crippen LogP contribution < -0.4 is 5.32 Å². The number of hydrogen-bond donors (Lipinski definition) is 1. The quantitative estimate of drug-likeness (QED) is 0.730. The maximum Gasteiger partial charge on any atom is 0.325 e. The summed E-state index contributed by atoms with van der Waals surface area (Å²) in [4.78, 5) is 26.0. The molecular weight excluding hydrogens is 268 g/mol. The molecule has 0 aromatic rings. The van der Waals surface area contributed by atoms with E-state index >= 15 is 0 Å². The third kappa shape index (κ3) is 6.04. The van der Waals surface area contributed by atoms with Crippen molar-refractivity contribution in [1.82, 2.24) is 10.2 Å². The summed E-state index contributed by atoms with van der Waals surface area (Å²) in [6.45, 7) is 5.83. The number of rotatable bonds is 7. The summed E-state index contributed by atoms with van der Waals surface area (Å²) in [6.07, 6.45) is 6.24. The van der Waals surface area contributed by atoms with Crippen molar-refractivity contribution in [3.63, 3.8) is 0 Å². The summed E-state index contributed by atoms with van der Waals surface area (Å²) in [6, 6.07) is -0.147. The Kier molecular flexibility index (Phi) is 8.35. The molecule has 0 bridgehead atoms. The lowest BCUT2D eigenvalue weighted by Crippen LogP contribution is -2.49. The first-order valence-electron chi connectivity index (χ1n) is 8.21. The van der Waals surface area contributed by atoms with Crippen molar-refractivity contribution in [3.05, 3.63) is 0 Å². The summed E-state index contributed by atoms with van der Waals surface area (Å²) in [5.74, 6) is 0.140. The summed E-state index contributed by atoms with van der Waals surface area (Å²) < 4.78 is 4.74. The molecule has 5 heteroatoms. The second kappa shape index (κ2) is 9.77. The zero-order valence-corrected chi connectivity index (χ0v) is 13.7. The minimum absolute atomic E-state index is 0.0502. The molecule has 1 rings (SSSR count). The molecule has 0 spiro atoms. The molecule has 1 saturated heterocycles. The molecule has 122 valence electrons. The first-order chi connectivity index (χ1) is 10.1. The van der Waals surface area contributed by atoms with Gasteiger partial charge in [-0.05, 0) is 25.3 Å². The zero-order valence-electron chi connectivity index (χ0n) is 13.7. The van der Waals surface area contributed by atoms with Crippen molar-refractivity contribution in [3.8, 4) is 0 Å². The standard InChI is InChI=1S/C16H30N2O3/c1-4-13(5-2)11-18(12-15(19)21-3)16(20)14-9-7-6-8-10-17-14/h13-14,17H,4-12H2,1-3H3. The predicted octanol–water partition coefficient (Wildman–Crippen LogP) is 1.96. The van der Waals surface area contributed by atoms with Gasteiger partial charge in [0.15, 0.2) is 0 Å². The number of hydrogen-bond acceptors (Lipinski definition) is 4. The molecule has 0 saturated carbocycles. The van der Waals surface area contributed by atoms with Crippen LogP contribution in [0.15, 0.2) is 0 Å². The molecule has 0 aliphatic carbocycles. The normalized spacial score (nSPS) is 19.1. The van der Waals surface area contributed by atoms with E-state index in [1.807, 2.05) is 0 Å². The lowest BCUT2D eigenvalue weighted by Gasteiger charge is -2.29. The third-order valence-electron chi connectivity index (χ3n) is 4.35. The Morgan fingerprint density at radius 3 is 2.57 bits per heavy atom. The second-order valence-electron chi connectivity index (χ2n) is 5.83. The van der Waals surface area contributed by atoms with Crippen LogP contribution in [0.2, 0.25) is 0 Å². The topological polar surface area (TPSA) is 58.6 Å². The molecule has 1 aliphatic heterocycles. The van der Waals surface area contributed by atoms with E-state index in [0.717, 1.165) is 38.6 Å². The van der Waals surface area contributed by atoms with Gasteiger partial charge in [-0.15, -0.1) is 0 Å². The molecule has 1 unspecified atom stereocenters. The number of ether oxygens (including phenoxy) is 1. The van der Waals surface area contributed by atoms with Crippen LogP contribution in [0.3, 0.4) is 0 Å². The van der Waals surface area contributed by atoms with E-state index in [-0.39, 0.29) is 24.5 Å². The summed E-state index contributed by atoms with van der Waals surface area (Å²) >= 11 is 0. The fraction of sp³-hybridized carbons (Fsp3) is 0.875. The zero-order chi connectivity index (χ0) is 15.7. The number of carbonyl (C=O) groups is 2. The SMILES string of the molecule is CCC(CC)CN(CC(=O)OC)C(=O)C1CCCCCN1. The van der Waals surface area contributed by atoms with Crippen molar-refractivity contribution < 1.29 is 14.3 Å². The Morgan fingerprint density at radius 1 is 1.24 bits per heavy atom. The van der Waals surface area contributed by atoms with E-state index in [9.17, 15) is 9.59 Å². The monoisotopic (exact) mass is 298 g/mol. The van der Waals surface area contributed by atoms with E-state index in [4.69, 9.17) is 4.74 Å². The van der Waals surface area contributed by atoms with Crippen LogP contribution in [-0.2, 0) is 14.3 Å². The third-order valence-corrected chi connectivity index (χ3v) is 4.35. The number of esters is 1. The maximum absolute atomic E-state index is 12.7. The van der Waals surface area contributed by atoms with E-state index in [1.54, 1.807) is 4.90 Å². The van der Waals surface area contributed by atoms with Crippen LogP contribution in [0.4, 0.5) is 0 Å². The Labute approximate surface area is 128 Å². The average molecular weight is 298 g/mol. The van der Waals surface area contributed by atoms with Crippen LogP contribution in [0.25, 0.3) is 0 Å². The molecule has 1 amide bonds. The molecule has 1 aliphatic rings. The molecule has 0 aromatic heterocycles. The molecule has 1 fully saturated rings. The van der Waals surface area contributed by atoms with Crippen molar-refractivity contribution in [2.24, 2.45) is 5.92 Å². The molecular formula is C16H30N2O3. The van der Waals surface area contributed by atoms with E-state index in [2.05, 4.69) is 19.2 Å². The highest BCUT2D eigenvalue weighted by Crippen LogP contribution is 2.15. The van der Waals surface area contributed by atoms with Crippen LogP contribution in [-0.4, -0.2) is 49.6 Å². The fourth-order valence-electron chi connectivity index (χ4n) is 2.77. The van der Waals surface area contributed by atoms with Crippen LogP contribution >= 0.6 is 0 Å². The maximum atomic E-state index is 12.7. The van der Waals surface area contributed by atoms with Crippen molar-refractivity contribution in [1.29, 1.82) is 0 Å². The Bertz CT molecular complexity index is 321. The number of nitrogens with zero attached hydrogens (tertiary/aromatic N) is 1. The van der Waals surface area contributed by atoms with Gasteiger partial charge in [0.25, 0.3) is 0 Å². The van der Waals surface area contributed by atoms with Gasteiger partial charge in [0, 0.05) is 6.54 Å². The van der Waals surface area contributed by atoms with Gasteiger partial charge in [0.2, 0.25) is 5.91 Å². The van der Waals surface area contributed by atoms with E-state index in [1.165, 1.54) is 13.5 Å². The van der Waals surface area contributed by atoms with E-state index in [0.29, 0.717) is 12.5 Å². The summed E-state index contributed by atoms with van der Waals surface area (Å²) in [5.41, 5.74) is 0. The largest absolute Gasteiger partial charge is 0.468 e. The molecule has 5 nitrogen and oxygen atoms in total. The van der Waals surface area contributed by atoms with Gasteiger partial charge < -0.3 is 15.0 Å². The lowest BCUT2D eigenvalue weighted by atomic mass is 10.0. The first-order valence-corrected chi connectivity index (χ1v) is 8.21. The average Bonchev–Trinajstić information content (AvgIpc) is 2.79. The lowest BCUT2D eigenvalue weighted by molar-refractivity contribution is -0.148. The minimum Gasteiger partial charge on any atom is -0.468 e. The highest BCUT2D eigenvalue weighted by molar-refractivity contribution is 5.85. The van der Waals surface area contributed by atoms with Crippen LogP contribution in [0, 0.1) is 5.92 Å². The molecule has 0 aromatic carbocycles. The van der Waals surface area contributed by atoms with Crippen molar-refractivity contribution in [2.45, 2.75) is 58.4 Å². The van der Waals surface area contributed by atoms with Crippen molar-refractivity contribution >= 4 is 11.9 Å². The molecule has 1 heterocycles. The van der Waals surface area contributed by atoms with Gasteiger partial charge in [0.1, 0.15) is 6.54 Å². The number of carbonyl (C=O) groups excluding carboxylic acids is 2. The van der Waals surface area contributed by atoms with Gasteiger partial charge in [-0.25, -0.2) is 0 Å². The molecule has 1 N–H and O–H groups in total. The van der Waals surface area contributed by atoms with Gasteiger partial charge in [-0.2, -0.15) is 0 Å². The highest BCUT2D eigenvalue weighted by atomic mass is 16.5. The Balaban J connectivity index is 2.72. The Hall–Kier alpha value is -1.10. The predicted molar refractivity (Wildman–Crippen MR) is 82.9 cm³/mol. The summed E-state index contributed by atoms with van der Waals surface area (Å²) in [7, 11) is 1.37. The molecule has 0 radical (unpaired) electrons. The first kappa shape index (κ1) is 18.0. The highest BCUT2D eigenvalue weighted by Gasteiger charge is 2.27. The molecule has 21 heavy (non-hydrogen) atoms. The van der Waals surface area contributed by atoms with Crippen LogP contribution in [0.1, 0.15) is 52.4 Å². The second-order valence-corrected chi connectivity index (χ2v) is 5.83. The smallest absolute Gasteiger partial charge is 0.325 e. The fourth-order valence-corrected chi connectivity index (χ4v) is 2.77. The number of methoxy groups -OCH3 is 1. The van der Waals surface area contributed by atoms with Gasteiger partial charge in [0.05, 0.1) is 13.2 Å². The minimum atomic E-state index is -0.345. The number of nitrogens with one attached hydrogen (secondary N) is 1. The van der Waals surface area contributed by atoms with E-state index < -0.39 is 0 Å². The van der Waals surface area contributed by atoms with Crippen LogP contribution in [0.5, 0.6) is 0 Å². The number of amides is 1. The van der Waals surface area contributed by atoms with Gasteiger partial charge >= 0.3 is 5.97 Å². The Morgan fingerprint density at radius 2 is 1.95 bits per heavy atom. The van der Waals surface area contributed by atoms with Gasteiger partial charge in [-0.1, -0.05) is 39.5 Å². The molecule has 1 atom stereocenters. The van der Waals surface area contributed by atoms with Crippen molar-refractivity contribution in [2.75, 3.05) is 26.7 Å². The summed E-state index contributed by atoms with van der Waals surface area (Å²) in [5, 5.41) is 3.32.